The summed E-state index contributed by atoms with van der Waals surface area (Å²) in [6.45, 7) is 0. The molecule has 0 fully saturated rings. The van der Waals surface area contributed by atoms with E-state index in [-0.39, 0.29) is 17.8 Å². The van der Waals surface area contributed by atoms with Crippen LogP contribution >= 0.6 is 11.6 Å². The van der Waals surface area contributed by atoms with Crippen molar-refractivity contribution in [1.29, 1.82) is 0 Å². The number of pyridine rings is 1. The molecule has 1 aliphatic carbocycles. The van der Waals surface area contributed by atoms with Gasteiger partial charge in [0.1, 0.15) is 5.82 Å². The average molecular weight is 305 g/mol. The molecule has 2 atom stereocenters. The second-order valence-electron chi connectivity index (χ2n) is 5.61. The number of nitrogens with two attached hydrogens (primary N) is 1. The molecule has 0 spiro atoms. The average Bonchev–Trinajstić information content (AvgIpc) is 2.50. The Hall–Kier alpha value is -1.45. The summed E-state index contributed by atoms with van der Waals surface area (Å²) in [5, 5.41) is 0.447. The number of aryl methyl sites for hydroxylation is 1. The van der Waals surface area contributed by atoms with Crippen LogP contribution in [0.2, 0.25) is 5.02 Å². The van der Waals surface area contributed by atoms with E-state index in [1.807, 2.05) is 6.07 Å². The maximum absolute atomic E-state index is 13.9. The van der Waals surface area contributed by atoms with Crippen LogP contribution in [0.4, 0.5) is 4.39 Å². The first-order valence-corrected chi connectivity index (χ1v) is 7.67. The van der Waals surface area contributed by atoms with Gasteiger partial charge in [0.2, 0.25) is 0 Å². The largest absolute Gasteiger partial charge is 0.327 e. The normalized spacial score (nSPS) is 19.1. The first kappa shape index (κ1) is 14.5. The lowest BCUT2D eigenvalue weighted by atomic mass is 9.80. The standard InChI is InChI=1S/C17H18ClFN2/c18-14-7-2-8-15(19)13(14)10-16(20)12-6-1-4-11-5-3-9-21-17(11)12/h2-3,5,7-9,12,16H,1,4,6,10,20H2. The molecule has 2 nitrogen and oxygen atoms in total. The van der Waals surface area contributed by atoms with Gasteiger partial charge in [0.15, 0.2) is 0 Å². The van der Waals surface area contributed by atoms with E-state index in [9.17, 15) is 4.39 Å². The van der Waals surface area contributed by atoms with Crippen molar-refractivity contribution in [2.24, 2.45) is 5.73 Å². The number of hydrogen-bond donors (Lipinski definition) is 1. The van der Waals surface area contributed by atoms with E-state index >= 15 is 0 Å². The lowest BCUT2D eigenvalue weighted by Gasteiger charge is -2.29. The minimum absolute atomic E-state index is 0.172. The highest BCUT2D eigenvalue weighted by Crippen LogP contribution is 2.33. The molecule has 1 aromatic carbocycles. The Morgan fingerprint density at radius 3 is 3.00 bits per heavy atom. The van der Waals surface area contributed by atoms with Gasteiger partial charge in [-0.1, -0.05) is 23.7 Å². The highest BCUT2D eigenvalue weighted by atomic mass is 35.5. The summed E-state index contributed by atoms with van der Waals surface area (Å²) in [6, 6.07) is 8.65. The Kier molecular flexibility index (Phi) is 4.22. The van der Waals surface area contributed by atoms with Gasteiger partial charge >= 0.3 is 0 Å². The molecule has 2 N–H and O–H groups in total. The Morgan fingerprint density at radius 1 is 1.33 bits per heavy atom. The number of nitrogens with zero attached hydrogens (tertiary/aromatic N) is 1. The number of aromatic nitrogens is 1. The van der Waals surface area contributed by atoms with E-state index in [0.29, 0.717) is 17.0 Å². The van der Waals surface area contributed by atoms with Crippen LogP contribution in [-0.4, -0.2) is 11.0 Å². The van der Waals surface area contributed by atoms with Crippen LogP contribution in [0.25, 0.3) is 0 Å². The maximum atomic E-state index is 13.9. The predicted octanol–water partition coefficient (Wildman–Crippen LogP) is 3.86. The second kappa shape index (κ2) is 6.12. The van der Waals surface area contributed by atoms with Crippen molar-refractivity contribution in [2.75, 3.05) is 0 Å². The van der Waals surface area contributed by atoms with Crippen molar-refractivity contribution in [2.45, 2.75) is 37.6 Å². The van der Waals surface area contributed by atoms with E-state index in [4.69, 9.17) is 17.3 Å². The molecule has 3 rings (SSSR count). The van der Waals surface area contributed by atoms with Crippen LogP contribution in [0, 0.1) is 5.82 Å². The van der Waals surface area contributed by atoms with Gasteiger partial charge in [-0.15, -0.1) is 0 Å². The fourth-order valence-corrected chi connectivity index (χ4v) is 3.41. The maximum Gasteiger partial charge on any atom is 0.127 e. The van der Waals surface area contributed by atoms with Crippen LogP contribution in [0.5, 0.6) is 0 Å². The molecule has 1 aliphatic rings. The van der Waals surface area contributed by atoms with E-state index in [1.165, 1.54) is 11.6 Å². The zero-order chi connectivity index (χ0) is 14.8. The van der Waals surface area contributed by atoms with Gasteiger partial charge in [0, 0.05) is 34.4 Å². The molecule has 21 heavy (non-hydrogen) atoms. The molecule has 0 saturated carbocycles. The first-order valence-electron chi connectivity index (χ1n) is 7.29. The minimum atomic E-state index is -0.282. The molecule has 0 bridgehead atoms. The van der Waals surface area contributed by atoms with Crippen molar-refractivity contribution in [3.8, 4) is 0 Å². The van der Waals surface area contributed by atoms with Crippen molar-refractivity contribution < 1.29 is 4.39 Å². The molecule has 0 saturated heterocycles. The molecule has 1 heterocycles. The molecule has 2 unspecified atom stereocenters. The molecule has 0 radical (unpaired) electrons. The smallest absolute Gasteiger partial charge is 0.127 e. The van der Waals surface area contributed by atoms with Gasteiger partial charge in [0.05, 0.1) is 0 Å². The van der Waals surface area contributed by atoms with Crippen molar-refractivity contribution in [3.05, 3.63) is 64.2 Å². The number of benzene rings is 1. The molecule has 4 heteroatoms. The lowest BCUT2D eigenvalue weighted by Crippen LogP contribution is -2.34. The van der Waals surface area contributed by atoms with Gasteiger partial charge in [-0.2, -0.15) is 0 Å². The van der Waals surface area contributed by atoms with Crippen molar-refractivity contribution in [3.63, 3.8) is 0 Å². The highest BCUT2D eigenvalue weighted by Gasteiger charge is 2.27. The molecular formula is C17H18ClFN2. The summed E-state index contributed by atoms with van der Waals surface area (Å²) < 4.78 is 13.9. The van der Waals surface area contributed by atoms with Gasteiger partial charge in [0.25, 0.3) is 0 Å². The topological polar surface area (TPSA) is 38.9 Å². The molecular weight excluding hydrogens is 287 g/mol. The number of halogens is 2. The minimum Gasteiger partial charge on any atom is -0.327 e. The van der Waals surface area contributed by atoms with Gasteiger partial charge in [-0.25, -0.2) is 4.39 Å². The third kappa shape index (κ3) is 2.94. The summed E-state index contributed by atoms with van der Waals surface area (Å²) in [5.74, 6) is -0.111. The summed E-state index contributed by atoms with van der Waals surface area (Å²) in [5.41, 5.74) is 9.22. The zero-order valence-electron chi connectivity index (χ0n) is 11.7. The molecule has 0 amide bonds. The van der Waals surface area contributed by atoms with Crippen molar-refractivity contribution in [1.82, 2.24) is 4.98 Å². The highest BCUT2D eigenvalue weighted by molar-refractivity contribution is 6.31. The van der Waals surface area contributed by atoms with Crippen LogP contribution in [0.3, 0.4) is 0 Å². The third-order valence-electron chi connectivity index (χ3n) is 4.26. The van der Waals surface area contributed by atoms with Crippen molar-refractivity contribution >= 4 is 11.6 Å². The lowest BCUT2D eigenvalue weighted by molar-refractivity contribution is 0.444. The number of rotatable bonds is 3. The summed E-state index contributed by atoms with van der Waals surface area (Å²) in [4.78, 5) is 4.50. The Morgan fingerprint density at radius 2 is 2.19 bits per heavy atom. The summed E-state index contributed by atoms with van der Waals surface area (Å²) in [6.07, 6.45) is 5.39. The fourth-order valence-electron chi connectivity index (χ4n) is 3.17. The first-order chi connectivity index (χ1) is 10.2. The van der Waals surface area contributed by atoms with E-state index < -0.39 is 0 Å². The third-order valence-corrected chi connectivity index (χ3v) is 4.61. The second-order valence-corrected chi connectivity index (χ2v) is 6.02. The monoisotopic (exact) mass is 304 g/mol. The quantitative estimate of drug-likeness (QED) is 0.935. The predicted molar refractivity (Wildman–Crippen MR) is 83.0 cm³/mol. The summed E-state index contributed by atoms with van der Waals surface area (Å²) >= 11 is 6.10. The number of hydrogen-bond acceptors (Lipinski definition) is 2. The Balaban J connectivity index is 1.85. The Labute approximate surface area is 129 Å². The zero-order valence-corrected chi connectivity index (χ0v) is 12.5. The molecule has 2 aromatic rings. The van der Waals surface area contributed by atoms with Crippen LogP contribution in [0.15, 0.2) is 36.5 Å². The van der Waals surface area contributed by atoms with Gasteiger partial charge in [-0.3, -0.25) is 4.98 Å². The van der Waals surface area contributed by atoms with E-state index in [2.05, 4.69) is 11.1 Å². The molecule has 0 aliphatic heterocycles. The number of fused-ring (bicyclic) bond motifs is 1. The fraction of sp³-hybridized carbons (Fsp3) is 0.353. The van der Waals surface area contributed by atoms with Crippen LogP contribution < -0.4 is 5.73 Å². The van der Waals surface area contributed by atoms with E-state index in [0.717, 1.165) is 25.0 Å². The van der Waals surface area contributed by atoms with Crippen LogP contribution in [-0.2, 0) is 12.8 Å². The van der Waals surface area contributed by atoms with Gasteiger partial charge < -0.3 is 5.73 Å². The summed E-state index contributed by atoms with van der Waals surface area (Å²) in [7, 11) is 0. The molecule has 110 valence electrons. The van der Waals surface area contributed by atoms with E-state index in [1.54, 1.807) is 18.3 Å². The van der Waals surface area contributed by atoms with Crippen LogP contribution in [0.1, 0.15) is 35.6 Å². The Bertz CT molecular complexity index is 624. The molecule has 1 aromatic heterocycles. The SMILES string of the molecule is NC(Cc1c(F)cccc1Cl)C1CCCc2cccnc21. The van der Waals surface area contributed by atoms with Gasteiger partial charge in [-0.05, 0) is 49.4 Å².